The van der Waals surface area contributed by atoms with Crippen LogP contribution in [0.25, 0.3) is 11.4 Å². The molecule has 1 aromatic carbocycles. The Hall–Kier alpha value is -2.67. The van der Waals surface area contributed by atoms with Crippen LogP contribution in [0.5, 0.6) is 0 Å². The number of hydrogen-bond acceptors (Lipinski definition) is 4. The molecule has 2 N–H and O–H groups in total. The Morgan fingerprint density at radius 3 is 2.83 bits per heavy atom. The second-order valence-electron chi connectivity index (χ2n) is 5.75. The number of aromatic nitrogens is 2. The maximum atomic E-state index is 12.9. The van der Waals surface area contributed by atoms with E-state index in [0.29, 0.717) is 30.4 Å². The van der Waals surface area contributed by atoms with Crippen molar-refractivity contribution in [3.05, 3.63) is 41.7 Å². The fraction of sp³-hybridized carbons (Fsp3) is 0.353. The average molecular weight is 329 g/mol. The number of nitrogens with one attached hydrogen (secondary N) is 1. The number of hydrogen-bond donors (Lipinski definition) is 2. The fourth-order valence-electron chi connectivity index (χ4n) is 2.83. The summed E-state index contributed by atoms with van der Waals surface area (Å²) >= 11 is 0. The van der Waals surface area contributed by atoms with Gasteiger partial charge in [0.15, 0.2) is 0 Å². The number of ether oxygens (including phenoxy) is 1. The number of morpholine rings is 1. The molecular formula is C17H19N3O4. The number of aryl methyl sites for hydroxylation is 1. The molecule has 0 unspecified atom stereocenters. The van der Waals surface area contributed by atoms with Gasteiger partial charge in [0.1, 0.15) is 11.5 Å². The molecule has 0 spiro atoms. The summed E-state index contributed by atoms with van der Waals surface area (Å²) in [4.78, 5) is 33.0. The van der Waals surface area contributed by atoms with E-state index in [1.54, 1.807) is 11.8 Å². The van der Waals surface area contributed by atoms with Crippen LogP contribution in [0.15, 0.2) is 30.3 Å². The first-order valence-electron chi connectivity index (χ1n) is 7.79. The van der Waals surface area contributed by atoms with Crippen LogP contribution in [0, 0.1) is 6.92 Å². The van der Waals surface area contributed by atoms with Crippen molar-refractivity contribution < 1.29 is 19.4 Å². The fourth-order valence-corrected chi connectivity index (χ4v) is 2.83. The van der Waals surface area contributed by atoms with Gasteiger partial charge < -0.3 is 19.7 Å². The first-order valence-corrected chi connectivity index (χ1v) is 7.79. The molecule has 1 atom stereocenters. The summed E-state index contributed by atoms with van der Waals surface area (Å²) in [6.07, 6.45) is -0.138. The summed E-state index contributed by atoms with van der Waals surface area (Å²) in [5.41, 5.74) is 1.88. The number of aliphatic carboxylic acids is 1. The van der Waals surface area contributed by atoms with E-state index in [2.05, 4.69) is 9.97 Å². The molecule has 1 saturated heterocycles. The Morgan fingerprint density at radius 1 is 1.38 bits per heavy atom. The highest BCUT2D eigenvalue weighted by molar-refractivity contribution is 5.94. The third-order valence-corrected chi connectivity index (χ3v) is 4.03. The Labute approximate surface area is 139 Å². The second kappa shape index (κ2) is 6.84. The number of rotatable bonds is 4. The highest BCUT2D eigenvalue weighted by Gasteiger charge is 2.32. The number of aromatic amines is 1. The minimum Gasteiger partial charge on any atom is -0.481 e. The highest BCUT2D eigenvalue weighted by atomic mass is 16.5. The predicted molar refractivity (Wildman–Crippen MR) is 86.7 cm³/mol. The minimum absolute atomic E-state index is 0.138. The lowest BCUT2D eigenvalue weighted by molar-refractivity contribution is -0.139. The van der Waals surface area contributed by atoms with E-state index < -0.39 is 12.0 Å². The zero-order valence-electron chi connectivity index (χ0n) is 13.4. The lowest BCUT2D eigenvalue weighted by atomic mass is 10.1. The number of carboxylic acids is 1. The van der Waals surface area contributed by atoms with Crippen LogP contribution in [0.4, 0.5) is 0 Å². The molecule has 1 fully saturated rings. The van der Waals surface area contributed by atoms with Crippen LogP contribution in [-0.4, -0.2) is 57.7 Å². The van der Waals surface area contributed by atoms with E-state index in [0.717, 1.165) is 5.56 Å². The van der Waals surface area contributed by atoms with E-state index in [9.17, 15) is 9.59 Å². The van der Waals surface area contributed by atoms with Gasteiger partial charge in [-0.1, -0.05) is 30.3 Å². The summed E-state index contributed by atoms with van der Waals surface area (Å²) in [6.45, 7) is 2.78. The van der Waals surface area contributed by atoms with E-state index in [1.165, 1.54) is 0 Å². The number of carbonyl (C=O) groups is 2. The van der Waals surface area contributed by atoms with E-state index in [1.807, 2.05) is 30.3 Å². The van der Waals surface area contributed by atoms with E-state index in [-0.39, 0.29) is 18.9 Å². The molecule has 2 heterocycles. The van der Waals surface area contributed by atoms with Crippen molar-refractivity contribution in [2.45, 2.75) is 19.4 Å². The lowest BCUT2D eigenvalue weighted by Gasteiger charge is -2.34. The standard InChI is InChI=1S/C17H19N3O4/c1-11-15(19-16(18-11)12-5-3-2-4-6-12)17(23)20-7-8-24-10-13(20)9-14(21)22/h2-6,13H,7-10H2,1H3,(H,18,19)(H,21,22)/t13-/m1/s1. The Balaban J connectivity index is 1.86. The van der Waals surface area contributed by atoms with Crippen LogP contribution in [-0.2, 0) is 9.53 Å². The zero-order chi connectivity index (χ0) is 17.1. The zero-order valence-corrected chi connectivity index (χ0v) is 13.4. The topological polar surface area (TPSA) is 95.5 Å². The van der Waals surface area contributed by atoms with Gasteiger partial charge in [-0.2, -0.15) is 0 Å². The van der Waals surface area contributed by atoms with Gasteiger partial charge >= 0.3 is 5.97 Å². The Morgan fingerprint density at radius 2 is 2.12 bits per heavy atom. The van der Waals surface area contributed by atoms with Crippen molar-refractivity contribution in [2.24, 2.45) is 0 Å². The number of carboxylic acid groups (broad SMARTS) is 1. The first kappa shape index (κ1) is 16.2. The van der Waals surface area contributed by atoms with Crippen molar-refractivity contribution in [3.63, 3.8) is 0 Å². The molecule has 0 bridgehead atoms. The van der Waals surface area contributed by atoms with E-state index >= 15 is 0 Å². The van der Waals surface area contributed by atoms with Crippen molar-refractivity contribution >= 4 is 11.9 Å². The average Bonchev–Trinajstić information content (AvgIpc) is 2.97. The van der Waals surface area contributed by atoms with Crippen molar-refractivity contribution in [2.75, 3.05) is 19.8 Å². The number of carbonyl (C=O) groups excluding carboxylic acids is 1. The van der Waals surface area contributed by atoms with E-state index in [4.69, 9.17) is 9.84 Å². The molecule has 0 radical (unpaired) electrons. The maximum Gasteiger partial charge on any atom is 0.305 e. The van der Waals surface area contributed by atoms with Crippen LogP contribution in [0.1, 0.15) is 22.6 Å². The Bertz CT molecular complexity index is 742. The van der Waals surface area contributed by atoms with Gasteiger partial charge in [0, 0.05) is 17.8 Å². The SMILES string of the molecule is Cc1[nH]c(-c2ccccc2)nc1C(=O)N1CCOC[C@H]1CC(=O)O. The number of nitrogens with zero attached hydrogens (tertiary/aromatic N) is 2. The van der Waals surface area contributed by atoms with Crippen molar-refractivity contribution in [3.8, 4) is 11.4 Å². The molecule has 1 aliphatic heterocycles. The molecule has 1 aromatic heterocycles. The Kier molecular flexibility index (Phi) is 4.61. The van der Waals surface area contributed by atoms with Crippen LogP contribution in [0.2, 0.25) is 0 Å². The third-order valence-electron chi connectivity index (χ3n) is 4.03. The molecule has 0 saturated carbocycles. The minimum atomic E-state index is -0.952. The molecule has 126 valence electrons. The molecule has 1 amide bonds. The largest absolute Gasteiger partial charge is 0.481 e. The molecule has 7 heteroatoms. The van der Waals surface area contributed by atoms with Gasteiger partial charge in [-0.3, -0.25) is 9.59 Å². The number of amides is 1. The molecule has 3 rings (SSSR count). The second-order valence-corrected chi connectivity index (χ2v) is 5.75. The quantitative estimate of drug-likeness (QED) is 0.890. The number of benzene rings is 1. The molecular weight excluding hydrogens is 310 g/mol. The van der Waals surface area contributed by atoms with Gasteiger partial charge in [-0.05, 0) is 6.92 Å². The molecule has 2 aromatic rings. The van der Waals surface area contributed by atoms with Crippen LogP contribution >= 0.6 is 0 Å². The molecule has 24 heavy (non-hydrogen) atoms. The molecule has 0 aliphatic carbocycles. The third kappa shape index (κ3) is 3.30. The molecule has 1 aliphatic rings. The van der Waals surface area contributed by atoms with Gasteiger partial charge in [0.05, 0.1) is 25.7 Å². The predicted octanol–water partition coefficient (Wildman–Crippen LogP) is 1.70. The van der Waals surface area contributed by atoms with Crippen molar-refractivity contribution in [1.29, 1.82) is 0 Å². The van der Waals surface area contributed by atoms with Gasteiger partial charge in [-0.25, -0.2) is 4.98 Å². The normalized spacial score (nSPS) is 17.7. The van der Waals surface area contributed by atoms with Gasteiger partial charge in [0.25, 0.3) is 5.91 Å². The summed E-state index contributed by atoms with van der Waals surface area (Å²) in [5, 5.41) is 9.03. The summed E-state index contributed by atoms with van der Waals surface area (Å²) in [7, 11) is 0. The number of imidazole rings is 1. The van der Waals surface area contributed by atoms with Gasteiger partial charge in [-0.15, -0.1) is 0 Å². The van der Waals surface area contributed by atoms with Gasteiger partial charge in [0.2, 0.25) is 0 Å². The lowest BCUT2D eigenvalue weighted by Crippen LogP contribution is -2.49. The molecule has 7 nitrogen and oxygen atoms in total. The summed E-state index contributed by atoms with van der Waals surface area (Å²) in [5.74, 6) is -0.591. The monoisotopic (exact) mass is 329 g/mol. The van der Waals surface area contributed by atoms with Crippen molar-refractivity contribution in [1.82, 2.24) is 14.9 Å². The van der Waals surface area contributed by atoms with Crippen LogP contribution < -0.4 is 0 Å². The number of H-pyrrole nitrogens is 1. The first-order chi connectivity index (χ1) is 11.6. The summed E-state index contributed by atoms with van der Waals surface area (Å²) in [6, 6.07) is 9.07. The highest BCUT2D eigenvalue weighted by Crippen LogP contribution is 2.21. The maximum absolute atomic E-state index is 12.9. The smallest absolute Gasteiger partial charge is 0.305 e. The summed E-state index contributed by atoms with van der Waals surface area (Å²) < 4.78 is 5.32. The van der Waals surface area contributed by atoms with Crippen LogP contribution in [0.3, 0.4) is 0 Å².